The van der Waals surface area contributed by atoms with E-state index in [0.717, 1.165) is 3.79 Å². The van der Waals surface area contributed by atoms with Crippen molar-refractivity contribution in [3.63, 3.8) is 0 Å². The highest BCUT2D eigenvalue weighted by Gasteiger charge is 2.29. The minimum Gasteiger partial charge on any atom is -0.464 e. The Hall–Kier alpha value is -1.34. The zero-order valence-electron chi connectivity index (χ0n) is 13.3. The molecule has 2 aromatic heterocycles. The Morgan fingerprint density at radius 2 is 2.04 bits per heavy atom. The molecule has 1 aliphatic rings. The van der Waals surface area contributed by atoms with Crippen molar-refractivity contribution in [2.75, 3.05) is 33.3 Å². The first-order valence-corrected chi connectivity index (χ1v) is 10.4. The number of hydrogen-bond donors (Lipinski definition) is 0. The van der Waals surface area contributed by atoms with Crippen LogP contribution in [0, 0.1) is 0 Å². The number of ether oxygens (including phenoxy) is 1. The Kier molecular flexibility index (Phi) is 5.53. The van der Waals surface area contributed by atoms with Gasteiger partial charge < -0.3 is 4.74 Å². The second kappa shape index (κ2) is 7.50. The van der Waals surface area contributed by atoms with E-state index in [9.17, 15) is 13.2 Å². The van der Waals surface area contributed by atoms with Crippen molar-refractivity contribution in [3.8, 4) is 0 Å². The predicted octanol–water partition coefficient (Wildman–Crippen LogP) is 0.853. The number of hydrogen-bond acceptors (Lipinski definition) is 8. The van der Waals surface area contributed by atoms with E-state index in [1.807, 2.05) is 4.90 Å². The Balaban J connectivity index is 1.58. The average Bonchev–Trinajstić information content (AvgIpc) is 3.24. The summed E-state index contributed by atoms with van der Waals surface area (Å²) in [5.41, 5.74) is 0.145. The Morgan fingerprint density at radius 3 is 2.64 bits per heavy atom. The van der Waals surface area contributed by atoms with Crippen LogP contribution in [0.2, 0.25) is 0 Å². The molecule has 0 spiro atoms. The molecule has 12 heteroatoms. The summed E-state index contributed by atoms with van der Waals surface area (Å²) in [6.07, 6.45) is 1.51. The first kappa shape index (κ1) is 18.5. The lowest BCUT2D eigenvalue weighted by Gasteiger charge is -2.33. The van der Waals surface area contributed by atoms with Gasteiger partial charge in [-0.15, -0.1) is 16.4 Å². The van der Waals surface area contributed by atoms with Crippen LogP contribution in [0.15, 0.2) is 26.3 Å². The number of piperazine rings is 1. The van der Waals surface area contributed by atoms with Crippen LogP contribution in [0.1, 0.15) is 10.5 Å². The van der Waals surface area contributed by atoms with Gasteiger partial charge in [0.25, 0.3) is 10.0 Å². The summed E-state index contributed by atoms with van der Waals surface area (Å²) < 4.78 is 33.9. The minimum absolute atomic E-state index is 0.145. The summed E-state index contributed by atoms with van der Waals surface area (Å²) in [7, 11) is -2.16. The molecular weight excluding hydrogens is 434 g/mol. The summed E-state index contributed by atoms with van der Waals surface area (Å²) in [4.78, 5) is 13.4. The average molecular weight is 450 g/mol. The van der Waals surface area contributed by atoms with Crippen molar-refractivity contribution >= 4 is 43.3 Å². The first-order valence-electron chi connectivity index (χ1n) is 7.36. The maximum atomic E-state index is 12.6. The lowest BCUT2D eigenvalue weighted by atomic mass is 10.4. The fourth-order valence-electron chi connectivity index (χ4n) is 2.45. The van der Waals surface area contributed by atoms with Gasteiger partial charge in [0.15, 0.2) is 5.69 Å². The van der Waals surface area contributed by atoms with Crippen LogP contribution in [-0.4, -0.2) is 71.9 Å². The topological polar surface area (TPSA) is 97.6 Å². The van der Waals surface area contributed by atoms with E-state index >= 15 is 0 Å². The van der Waals surface area contributed by atoms with Crippen LogP contribution < -0.4 is 0 Å². The van der Waals surface area contributed by atoms with Crippen LogP contribution >= 0.6 is 27.3 Å². The van der Waals surface area contributed by atoms with Crippen molar-refractivity contribution in [1.29, 1.82) is 0 Å². The fourth-order valence-corrected chi connectivity index (χ4v) is 6.03. The number of rotatable bonds is 5. The molecule has 0 atom stereocenters. The molecule has 3 rings (SSSR count). The number of halogens is 1. The molecule has 1 aliphatic heterocycles. The van der Waals surface area contributed by atoms with Crippen LogP contribution in [0.25, 0.3) is 0 Å². The second-order valence-corrected chi connectivity index (χ2v) is 9.98. The molecule has 0 bridgehead atoms. The highest BCUT2D eigenvalue weighted by Crippen LogP contribution is 2.28. The number of esters is 1. The molecule has 1 fully saturated rings. The van der Waals surface area contributed by atoms with Crippen LogP contribution in [0.3, 0.4) is 0 Å². The van der Waals surface area contributed by atoms with Gasteiger partial charge in [0.05, 0.1) is 23.8 Å². The van der Waals surface area contributed by atoms with E-state index in [-0.39, 0.29) is 5.69 Å². The summed E-state index contributed by atoms with van der Waals surface area (Å²) in [5, 5.41) is 7.64. The molecule has 1 saturated heterocycles. The number of aromatic nitrogens is 3. The molecule has 2 aromatic rings. The Morgan fingerprint density at radius 1 is 1.32 bits per heavy atom. The third-order valence-corrected chi connectivity index (χ3v) is 7.74. The third-order valence-electron chi connectivity index (χ3n) is 3.75. The summed E-state index contributed by atoms with van der Waals surface area (Å²) in [5.74, 6) is -0.538. The number of thiophene rings is 1. The van der Waals surface area contributed by atoms with Crippen LogP contribution in [-0.2, 0) is 21.4 Å². The maximum Gasteiger partial charge on any atom is 0.360 e. The second-order valence-electron chi connectivity index (χ2n) is 5.36. The number of carbonyl (C=O) groups excluding carboxylic acids is 1. The molecule has 0 N–H and O–H groups in total. The highest BCUT2D eigenvalue weighted by atomic mass is 79.9. The van der Waals surface area contributed by atoms with Gasteiger partial charge >= 0.3 is 5.97 Å². The van der Waals surface area contributed by atoms with E-state index < -0.39 is 16.0 Å². The van der Waals surface area contributed by atoms with Crippen LogP contribution in [0.4, 0.5) is 0 Å². The summed E-state index contributed by atoms with van der Waals surface area (Å²) in [6.45, 7) is 2.37. The maximum absolute atomic E-state index is 12.6. The first-order chi connectivity index (χ1) is 11.9. The van der Waals surface area contributed by atoms with Crippen molar-refractivity contribution in [2.45, 2.75) is 10.9 Å². The van der Waals surface area contributed by atoms with Crippen molar-refractivity contribution < 1.29 is 17.9 Å². The lowest BCUT2D eigenvalue weighted by molar-refractivity contribution is 0.0593. The van der Waals surface area contributed by atoms with Gasteiger partial charge in [-0.05, 0) is 28.1 Å². The molecule has 0 amide bonds. The monoisotopic (exact) mass is 449 g/mol. The van der Waals surface area contributed by atoms with Gasteiger partial charge in [-0.1, -0.05) is 5.21 Å². The number of carbonyl (C=O) groups is 1. The van der Waals surface area contributed by atoms with E-state index in [1.54, 1.807) is 12.1 Å². The van der Waals surface area contributed by atoms with E-state index in [2.05, 4.69) is 31.0 Å². The Bertz CT molecular complexity index is 857. The SMILES string of the molecule is COC(=O)c1cn(CN2CCN(S(=O)(=O)c3ccc(Br)s3)CC2)nn1. The zero-order valence-corrected chi connectivity index (χ0v) is 16.6. The molecule has 136 valence electrons. The van der Waals surface area contributed by atoms with Gasteiger partial charge in [-0.2, -0.15) is 4.31 Å². The van der Waals surface area contributed by atoms with Gasteiger partial charge in [-0.3, -0.25) is 4.90 Å². The molecule has 0 saturated carbocycles. The number of sulfonamides is 1. The number of methoxy groups -OCH3 is 1. The van der Waals surface area contributed by atoms with Gasteiger partial charge in [-0.25, -0.2) is 17.9 Å². The third kappa shape index (κ3) is 4.08. The van der Waals surface area contributed by atoms with E-state index in [1.165, 1.54) is 33.6 Å². The highest BCUT2D eigenvalue weighted by molar-refractivity contribution is 9.11. The largest absolute Gasteiger partial charge is 0.464 e. The molecule has 9 nitrogen and oxygen atoms in total. The Labute approximate surface area is 157 Å². The molecule has 0 unspecified atom stereocenters. The number of nitrogens with zero attached hydrogens (tertiary/aromatic N) is 5. The summed E-state index contributed by atoms with van der Waals surface area (Å²) >= 11 is 4.50. The van der Waals surface area contributed by atoms with Crippen molar-refractivity contribution in [2.24, 2.45) is 0 Å². The standard InChI is InChI=1S/C13H16BrN5O4S2/c1-23-13(20)10-8-18(16-15-10)9-17-4-6-19(7-5-17)25(21,22)12-3-2-11(14)24-12/h2-3,8H,4-7,9H2,1H3. The minimum atomic E-state index is -3.45. The van der Waals surface area contributed by atoms with Gasteiger partial charge in [0, 0.05) is 26.2 Å². The molecular formula is C13H16BrN5O4S2. The zero-order chi connectivity index (χ0) is 18.0. The van der Waals surface area contributed by atoms with Crippen molar-refractivity contribution in [1.82, 2.24) is 24.2 Å². The van der Waals surface area contributed by atoms with E-state index in [4.69, 9.17) is 0 Å². The van der Waals surface area contributed by atoms with Gasteiger partial charge in [0.1, 0.15) is 4.21 Å². The lowest BCUT2D eigenvalue weighted by Crippen LogP contribution is -2.48. The van der Waals surface area contributed by atoms with Crippen molar-refractivity contribution in [3.05, 3.63) is 27.8 Å². The predicted molar refractivity (Wildman–Crippen MR) is 93.7 cm³/mol. The molecule has 0 aromatic carbocycles. The fraction of sp³-hybridized carbons (Fsp3) is 0.462. The molecule has 0 radical (unpaired) electrons. The van der Waals surface area contributed by atoms with E-state index in [0.29, 0.717) is 37.1 Å². The van der Waals surface area contributed by atoms with Gasteiger partial charge in [0.2, 0.25) is 0 Å². The molecule has 25 heavy (non-hydrogen) atoms. The quantitative estimate of drug-likeness (QED) is 0.623. The molecule has 3 heterocycles. The normalized spacial score (nSPS) is 16.9. The summed E-state index contributed by atoms with van der Waals surface area (Å²) in [6, 6.07) is 3.34. The van der Waals surface area contributed by atoms with Crippen LogP contribution in [0.5, 0.6) is 0 Å². The smallest absolute Gasteiger partial charge is 0.360 e. The molecule has 0 aliphatic carbocycles.